The summed E-state index contributed by atoms with van der Waals surface area (Å²) in [6.45, 7) is 7.90. The Labute approximate surface area is 115 Å². The molecule has 3 nitrogen and oxygen atoms in total. The first kappa shape index (κ1) is 14.5. The minimum atomic E-state index is -0.443. The molecular formula is C16H24O3. The van der Waals surface area contributed by atoms with E-state index in [9.17, 15) is 5.11 Å². The minimum Gasteiger partial charge on any atom is -0.388 e. The first-order chi connectivity index (χ1) is 8.97. The fraction of sp³-hybridized carbons (Fsp3) is 0.625. The molecule has 1 aliphatic rings. The molecule has 1 atom stereocenters. The van der Waals surface area contributed by atoms with Crippen molar-refractivity contribution >= 4 is 0 Å². The maximum absolute atomic E-state index is 10.2. The van der Waals surface area contributed by atoms with Crippen LogP contribution in [0.25, 0.3) is 0 Å². The number of hydrogen-bond acceptors (Lipinski definition) is 3. The van der Waals surface area contributed by atoms with E-state index in [-0.39, 0.29) is 11.7 Å². The number of hydrogen-bond donors (Lipinski definition) is 1. The zero-order valence-electron chi connectivity index (χ0n) is 12.1. The lowest BCUT2D eigenvalue weighted by molar-refractivity contribution is -0.0542. The Kier molecular flexibility index (Phi) is 4.61. The molecule has 0 aromatic heterocycles. The van der Waals surface area contributed by atoms with Crippen LogP contribution in [0.5, 0.6) is 0 Å². The number of aliphatic hydroxyl groups excluding tert-OH is 1. The SMILES string of the molecule is CC(C)(C)c1ccc(C(O)CCC2OCCO2)cc1. The first-order valence-corrected chi connectivity index (χ1v) is 6.98. The van der Waals surface area contributed by atoms with E-state index in [1.807, 2.05) is 12.1 Å². The van der Waals surface area contributed by atoms with Gasteiger partial charge in [-0.05, 0) is 23.0 Å². The minimum absolute atomic E-state index is 0.136. The topological polar surface area (TPSA) is 38.7 Å². The van der Waals surface area contributed by atoms with E-state index < -0.39 is 6.10 Å². The number of rotatable bonds is 4. The average molecular weight is 264 g/mol. The Balaban J connectivity index is 1.89. The molecule has 0 amide bonds. The van der Waals surface area contributed by atoms with Crippen molar-refractivity contribution in [2.24, 2.45) is 0 Å². The van der Waals surface area contributed by atoms with Crippen molar-refractivity contribution in [3.63, 3.8) is 0 Å². The van der Waals surface area contributed by atoms with E-state index in [2.05, 4.69) is 32.9 Å². The molecule has 0 aliphatic carbocycles. The van der Waals surface area contributed by atoms with Crippen LogP contribution in [0.15, 0.2) is 24.3 Å². The van der Waals surface area contributed by atoms with Crippen LogP contribution in [-0.4, -0.2) is 24.6 Å². The molecule has 1 N–H and O–H groups in total. The Bertz CT molecular complexity index is 385. The third-order valence-electron chi connectivity index (χ3n) is 3.53. The molecule has 1 aromatic rings. The van der Waals surface area contributed by atoms with Gasteiger partial charge in [-0.15, -0.1) is 0 Å². The molecule has 106 valence electrons. The van der Waals surface area contributed by atoms with Crippen molar-refractivity contribution in [2.75, 3.05) is 13.2 Å². The largest absolute Gasteiger partial charge is 0.388 e. The number of ether oxygens (including phenoxy) is 2. The molecular weight excluding hydrogens is 240 g/mol. The van der Waals surface area contributed by atoms with Crippen LogP contribution in [0.1, 0.15) is 50.8 Å². The maximum Gasteiger partial charge on any atom is 0.157 e. The molecule has 19 heavy (non-hydrogen) atoms. The highest BCUT2D eigenvalue weighted by Gasteiger charge is 2.19. The fourth-order valence-corrected chi connectivity index (χ4v) is 2.24. The van der Waals surface area contributed by atoms with E-state index in [0.29, 0.717) is 19.6 Å². The monoisotopic (exact) mass is 264 g/mol. The van der Waals surface area contributed by atoms with Crippen LogP contribution < -0.4 is 0 Å². The van der Waals surface area contributed by atoms with Crippen molar-refractivity contribution < 1.29 is 14.6 Å². The Morgan fingerprint density at radius 3 is 2.26 bits per heavy atom. The van der Waals surface area contributed by atoms with Crippen LogP contribution in [0.4, 0.5) is 0 Å². The van der Waals surface area contributed by atoms with Crippen molar-refractivity contribution in [1.29, 1.82) is 0 Å². The molecule has 0 bridgehead atoms. The molecule has 1 heterocycles. The predicted molar refractivity (Wildman–Crippen MR) is 75.0 cm³/mol. The summed E-state index contributed by atoms with van der Waals surface area (Å²) in [7, 11) is 0. The van der Waals surface area contributed by atoms with Crippen molar-refractivity contribution in [1.82, 2.24) is 0 Å². The van der Waals surface area contributed by atoms with Crippen LogP contribution in [0, 0.1) is 0 Å². The van der Waals surface area contributed by atoms with Gasteiger partial charge in [0.05, 0.1) is 19.3 Å². The molecule has 1 aliphatic heterocycles. The van der Waals surface area contributed by atoms with Crippen LogP contribution in [-0.2, 0) is 14.9 Å². The third kappa shape index (κ3) is 4.03. The van der Waals surface area contributed by atoms with Gasteiger partial charge < -0.3 is 14.6 Å². The fourth-order valence-electron chi connectivity index (χ4n) is 2.24. The van der Waals surface area contributed by atoms with Crippen LogP contribution >= 0.6 is 0 Å². The second-order valence-electron chi connectivity index (χ2n) is 6.14. The quantitative estimate of drug-likeness (QED) is 0.907. The molecule has 1 saturated heterocycles. The lowest BCUT2D eigenvalue weighted by atomic mass is 9.86. The van der Waals surface area contributed by atoms with Crippen LogP contribution in [0.3, 0.4) is 0 Å². The molecule has 1 fully saturated rings. The summed E-state index contributed by atoms with van der Waals surface area (Å²) < 4.78 is 10.7. The zero-order valence-corrected chi connectivity index (χ0v) is 12.1. The van der Waals surface area contributed by atoms with Gasteiger partial charge in [-0.2, -0.15) is 0 Å². The highest BCUT2D eigenvalue weighted by molar-refractivity contribution is 5.28. The van der Waals surface area contributed by atoms with Gasteiger partial charge in [0.25, 0.3) is 0 Å². The third-order valence-corrected chi connectivity index (χ3v) is 3.53. The summed E-state index contributed by atoms with van der Waals surface area (Å²) in [5.74, 6) is 0. The second kappa shape index (κ2) is 6.04. The number of benzene rings is 1. The summed E-state index contributed by atoms with van der Waals surface area (Å²) in [6, 6.07) is 8.23. The Morgan fingerprint density at radius 1 is 1.16 bits per heavy atom. The van der Waals surface area contributed by atoms with Crippen LogP contribution in [0.2, 0.25) is 0 Å². The molecule has 0 spiro atoms. The average Bonchev–Trinajstić information content (AvgIpc) is 2.88. The smallest absolute Gasteiger partial charge is 0.157 e. The van der Waals surface area contributed by atoms with Gasteiger partial charge in [0.15, 0.2) is 6.29 Å². The highest BCUT2D eigenvalue weighted by atomic mass is 16.7. The van der Waals surface area contributed by atoms with Gasteiger partial charge >= 0.3 is 0 Å². The Hall–Kier alpha value is -0.900. The summed E-state index contributed by atoms with van der Waals surface area (Å²) >= 11 is 0. The molecule has 0 radical (unpaired) electrons. The van der Waals surface area contributed by atoms with E-state index in [0.717, 1.165) is 12.0 Å². The van der Waals surface area contributed by atoms with Gasteiger partial charge in [-0.25, -0.2) is 0 Å². The molecule has 0 saturated carbocycles. The van der Waals surface area contributed by atoms with Gasteiger partial charge in [0.2, 0.25) is 0 Å². The van der Waals surface area contributed by atoms with Gasteiger partial charge in [-0.1, -0.05) is 45.0 Å². The summed E-state index contributed by atoms with van der Waals surface area (Å²) in [5, 5.41) is 10.2. The first-order valence-electron chi connectivity index (χ1n) is 6.98. The summed E-state index contributed by atoms with van der Waals surface area (Å²) in [6.07, 6.45) is 0.826. The second-order valence-corrected chi connectivity index (χ2v) is 6.14. The molecule has 1 aromatic carbocycles. The molecule has 2 rings (SSSR count). The van der Waals surface area contributed by atoms with E-state index in [1.165, 1.54) is 5.56 Å². The zero-order chi connectivity index (χ0) is 13.9. The standard InChI is InChI=1S/C16H24O3/c1-16(2,3)13-6-4-12(5-7-13)14(17)8-9-15-18-10-11-19-15/h4-7,14-15,17H,8-11H2,1-3H3. The lowest BCUT2D eigenvalue weighted by Crippen LogP contribution is -2.12. The van der Waals surface area contributed by atoms with Gasteiger partial charge in [-0.3, -0.25) is 0 Å². The van der Waals surface area contributed by atoms with E-state index in [1.54, 1.807) is 0 Å². The van der Waals surface area contributed by atoms with Crippen molar-refractivity contribution in [3.05, 3.63) is 35.4 Å². The maximum atomic E-state index is 10.2. The van der Waals surface area contributed by atoms with Gasteiger partial charge in [0.1, 0.15) is 0 Å². The van der Waals surface area contributed by atoms with Crippen molar-refractivity contribution in [2.45, 2.75) is 51.4 Å². The molecule has 1 unspecified atom stereocenters. The van der Waals surface area contributed by atoms with Gasteiger partial charge in [0, 0.05) is 6.42 Å². The van der Waals surface area contributed by atoms with Crippen molar-refractivity contribution in [3.8, 4) is 0 Å². The van der Waals surface area contributed by atoms with E-state index in [4.69, 9.17) is 9.47 Å². The Morgan fingerprint density at radius 2 is 1.74 bits per heavy atom. The predicted octanol–water partition coefficient (Wildman–Crippen LogP) is 3.17. The molecule has 3 heteroatoms. The normalized spacial score (nSPS) is 18.7. The number of aliphatic hydroxyl groups is 1. The van der Waals surface area contributed by atoms with E-state index >= 15 is 0 Å². The highest BCUT2D eigenvalue weighted by Crippen LogP contribution is 2.26. The lowest BCUT2D eigenvalue weighted by Gasteiger charge is -2.20. The summed E-state index contributed by atoms with van der Waals surface area (Å²) in [5.41, 5.74) is 2.39. The summed E-state index contributed by atoms with van der Waals surface area (Å²) in [4.78, 5) is 0.